The fraction of sp³-hybridized carbons (Fsp3) is 0.562. The summed E-state index contributed by atoms with van der Waals surface area (Å²) in [6.07, 6.45) is 4.35. The lowest BCUT2D eigenvalue weighted by Crippen LogP contribution is -2.50. The molecule has 1 fully saturated rings. The zero-order chi connectivity index (χ0) is 18.5. The summed E-state index contributed by atoms with van der Waals surface area (Å²) in [4.78, 5) is 39.0. The monoisotopic (exact) mass is 361 g/mol. The van der Waals surface area contributed by atoms with Crippen molar-refractivity contribution in [1.82, 2.24) is 29.3 Å². The zero-order valence-electron chi connectivity index (χ0n) is 14.8. The number of carbonyl (C=O) groups excluding carboxylic acids is 2. The Balaban J connectivity index is 1.37. The van der Waals surface area contributed by atoms with Gasteiger partial charge in [-0.15, -0.1) is 0 Å². The van der Waals surface area contributed by atoms with E-state index in [4.69, 9.17) is 10.5 Å². The number of anilines is 1. The number of ether oxygens (including phenoxy) is 1. The van der Waals surface area contributed by atoms with Crippen LogP contribution in [0, 0.1) is 0 Å². The van der Waals surface area contributed by atoms with Gasteiger partial charge in [0.1, 0.15) is 11.8 Å². The van der Waals surface area contributed by atoms with Crippen LogP contribution in [0.2, 0.25) is 0 Å². The Bertz CT molecular complexity index is 783. The van der Waals surface area contributed by atoms with E-state index >= 15 is 0 Å². The van der Waals surface area contributed by atoms with Gasteiger partial charge in [-0.2, -0.15) is 0 Å². The molecule has 1 saturated heterocycles. The summed E-state index contributed by atoms with van der Waals surface area (Å²) in [5, 5.41) is 0. The fourth-order valence-electron chi connectivity index (χ4n) is 2.90. The van der Waals surface area contributed by atoms with Gasteiger partial charge in [-0.1, -0.05) is 0 Å². The predicted octanol–water partition coefficient (Wildman–Crippen LogP) is 0.489. The van der Waals surface area contributed by atoms with E-state index in [0.717, 1.165) is 12.8 Å². The van der Waals surface area contributed by atoms with Crippen LogP contribution in [-0.2, 0) is 16.1 Å². The van der Waals surface area contributed by atoms with Crippen molar-refractivity contribution in [3.63, 3.8) is 0 Å². The SMILES string of the molecule is CC(=O)N1CCN(C(=O)OCCCCn2cnc3c(N)ncnc32)CC1. The Labute approximate surface area is 150 Å². The minimum atomic E-state index is -0.318. The van der Waals surface area contributed by atoms with Gasteiger partial charge >= 0.3 is 6.09 Å². The van der Waals surface area contributed by atoms with Crippen LogP contribution in [-0.4, -0.2) is 74.1 Å². The van der Waals surface area contributed by atoms with Gasteiger partial charge in [0.25, 0.3) is 0 Å². The molecule has 140 valence electrons. The minimum absolute atomic E-state index is 0.0390. The number of unbranched alkanes of at least 4 members (excludes halogenated alkanes) is 1. The molecule has 0 bridgehead atoms. The van der Waals surface area contributed by atoms with Crippen molar-refractivity contribution in [3.05, 3.63) is 12.7 Å². The molecule has 0 aliphatic carbocycles. The van der Waals surface area contributed by atoms with Crippen LogP contribution in [0.25, 0.3) is 11.2 Å². The molecule has 26 heavy (non-hydrogen) atoms. The molecule has 1 aliphatic heterocycles. The summed E-state index contributed by atoms with van der Waals surface area (Å²) in [6, 6.07) is 0. The van der Waals surface area contributed by atoms with E-state index in [-0.39, 0.29) is 12.0 Å². The molecule has 2 amide bonds. The molecule has 0 unspecified atom stereocenters. The first-order chi connectivity index (χ1) is 12.6. The largest absolute Gasteiger partial charge is 0.449 e. The maximum Gasteiger partial charge on any atom is 0.409 e. The maximum absolute atomic E-state index is 12.0. The van der Waals surface area contributed by atoms with E-state index in [1.807, 2.05) is 4.57 Å². The quantitative estimate of drug-likeness (QED) is 0.770. The molecule has 3 rings (SSSR count). The molecule has 0 aromatic carbocycles. The summed E-state index contributed by atoms with van der Waals surface area (Å²) in [5.41, 5.74) is 7.07. The normalized spacial score (nSPS) is 14.7. The van der Waals surface area contributed by atoms with Crippen molar-refractivity contribution < 1.29 is 14.3 Å². The highest BCUT2D eigenvalue weighted by atomic mass is 16.6. The third-order valence-corrected chi connectivity index (χ3v) is 4.43. The Hall–Kier alpha value is -2.91. The summed E-state index contributed by atoms with van der Waals surface area (Å²) >= 11 is 0. The number of piperazine rings is 1. The first-order valence-corrected chi connectivity index (χ1v) is 8.65. The van der Waals surface area contributed by atoms with Crippen LogP contribution in [0.15, 0.2) is 12.7 Å². The summed E-state index contributed by atoms with van der Waals surface area (Å²) < 4.78 is 7.23. The van der Waals surface area contributed by atoms with Crippen molar-refractivity contribution in [1.29, 1.82) is 0 Å². The van der Waals surface area contributed by atoms with Gasteiger partial charge in [-0.05, 0) is 12.8 Å². The van der Waals surface area contributed by atoms with E-state index < -0.39 is 0 Å². The number of carbonyl (C=O) groups is 2. The maximum atomic E-state index is 12.0. The lowest BCUT2D eigenvalue weighted by molar-refractivity contribution is -0.130. The highest BCUT2D eigenvalue weighted by Gasteiger charge is 2.23. The Kier molecular flexibility index (Phi) is 5.49. The number of hydrogen-bond donors (Lipinski definition) is 1. The number of nitrogens with two attached hydrogens (primary N) is 1. The van der Waals surface area contributed by atoms with Crippen LogP contribution in [0.4, 0.5) is 10.6 Å². The predicted molar refractivity (Wildman–Crippen MR) is 94.1 cm³/mol. The molecule has 2 aromatic heterocycles. The molecule has 0 atom stereocenters. The van der Waals surface area contributed by atoms with Crippen molar-refractivity contribution >= 4 is 29.0 Å². The lowest BCUT2D eigenvalue weighted by Gasteiger charge is -2.33. The number of fused-ring (bicyclic) bond motifs is 1. The fourth-order valence-corrected chi connectivity index (χ4v) is 2.90. The smallest absolute Gasteiger partial charge is 0.409 e. The molecular formula is C16H23N7O3. The summed E-state index contributed by atoms with van der Waals surface area (Å²) in [7, 11) is 0. The molecule has 10 heteroatoms. The number of amides is 2. The lowest BCUT2D eigenvalue weighted by atomic mass is 10.3. The minimum Gasteiger partial charge on any atom is -0.449 e. The molecule has 3 heterocycles. The molecule has 0 radical (unpaired) electrons. The van der Waals surface area contributed by atoms with E-state index in [0.29, 0.717) is 56.3 Å². The molecular weight excluding hydrogens is 338 g/mol. The van der Waals surface area contributed by atoms with E-state index in [1.165, 1.54) is 13.3 Å². The number of aryl methyl sites for hydroxylation is 1. The number of nitrogens with zero attached hydrogens (tertiary/aromatic N) is 6. The van der Waals surface area contributed by atoms with Crippen LogP contribution in [0.1, 0.15) is 19.8 Å². The van der Waals surface area contributed by atoms with Gasteiger partial charge in [0.2, 0.25) is 5.91 Å². The summed E-state index contributed by atoms with van der Waals surface area (Å²) in [6.45, 7) is 4.75. The number of aromatic nitrogens is 4. The Morgan fingerprint density at radius 1 is 1.12 bits per heavy atom. The molecule has 0 saturated carbocycles. The summed E-state index contributed by atoms with van der Waals surface area (Å²) in [5.74, 6) is 0.407. The first kappa shape index (κ1) is 17.9. The zero-order valence-corrected chi connectivity index (χ0v) is 14.8. The van der Waals surface area contributed by atoms with Gasteiger partial charge in [-0.25, -0.2) is 19.7 Å². The highest BCUT2D eigenvalue weighted by molar-refractivity contribution is 5.81. The van der Waals surface area contributed by atoms with Gasteiger partial charge in [0, 0.05) is 39.6 Å². The van der Waals surface area contributed by atoms with Crippen LogP contribution in [0.5, 0.6) is 0 Å². The van der Waals surface area contributed by atoms with E-state index in [1.54, 1.807) is 16.1 Å². The molecule has 1 aliphatic rings. The standard InChI is InChI=1S/C16H23N7O3/c1-12(24)21-5-7-22(8-6-21)16(25)26-9-3-2-4-23-11-20-13-14(17)18-10-19-15(13)23/h10-11H,2-9H2,1H3,(H2,17,18,19). The van der Waals surface area contributed by atoms with Gasteiger partial charge in [-0.3, -0.25) is 4.79 Å². The van der Waals surface area contributed by atoms with Gasteiger partial charge in [0.15, 0.2) is 11.5 Å². The van der Waals surface area contributed by atoms with Gasteiger partial charge in [0.05, 0.1) is 12.9 Å². The second-order valence-electron chi connectivity index (χ2n) is 6.18. The van der Waals surface area contributed by atoms with Crippen molar-refractivity contribution in [2.45, 2.75) is 26.3 Å². The van der Waals surface area contributed by atoms with Crippen LogP contribution >= 0.6 is 0 Å². The van der Waals surface area contributed by atoms with Crippen molar-refractivity contribution in [2.75, 3.05) is 38.5 Å². The number of hydrogen-bond acceptors (Lipinski definition) is 7. The average molecular weight is 361 g/mol. The second-order valence-corrected chi connectivity index (χ2v) is 6.18. The second kappa shape index (κ2) is 7.98. The van der Waals surface area contributed by atoms with E-state index in [9.17, 15) is 9.59 Å². The number of rotatable bonds is 5. The average Bonchev–Trinajstić information content (AvgIpc) is 3.06. The molecule has 0 spiro atoms. The first-order valence-electron chi connectivity index (χ1n) is 8.65. The van der Waals surface area contributed by atoms with Crippen molar-refractivity contribution in [3.8, 4) is 0 Å². The van der Waals surface area contributed by atoms with Crippen LogP contribution < -0.4 is 5.73 Å². The number of nitrogen functional groups attached to an aromatic ring is 1. The van der Waals surface area contributed by atoms with E-state index in [2.05, 4.69) is 15.0 Å². The number of imidazole rings is 1. The Morgan fingerprint density at radius 3 is 2.58 bits per heavy atom. The topological polar surface area (TPSA) is 119 Å². The Morgan fingerprint density at radius 2 is 1.85 bits per heavy atom. The van der Waals surface area contributed by atoms with Crippen LogP contribution in [0.3, 0.4) is 0 Å². The van der Waals surface area contributed by atoms with Crippen molar-refractivity contribution in [2.24, 2.45) is 0 Å². The molecule has 2 N–H and O–H groups in total. The van der Waals surface area contributed by atoms with Gasteiger partial charge < -0.3 is 24.8 Å². The highest BCUT2D eigenvalue weighted by Crippen LogP contribution is 2.14. The molecule has 10 nitrogen and oxygen atoms in total. The third-order valence-electron chi connectivity index (χ3n) is 4.43. The molecule has 2 aromatic rings. The third kappa shape index (κ3) is 4.01.